The van der Waals surface area contributed by atoms with Gasteiger partial charge in [-0.1, -0.05) is 32.0 Å². The van der Waals surface area contributed by atoms with Gasteiger partial charge in [-0.2, -0.15) is 0 Å². The highest BCUT2D eigenvalue weighted by molar-refractivity contribution is 7.98. The minimum atomic E-state index is -0.342. The molecule has 1 aliphatic carbocycles. The number of allylic oxidation sites excluding steroid dienone is 1. The zero-order chi connectivity index (χ0) is 14.1. The molecule has 1 aliphatic heterocycles. The van der Waals surface area contributed by atoms with Crippen molar-refractivity contribution in [1.82, 2.24) is 0 Å². The molecule has 3 rings (SSSR count). The third-order valence-corrected chi connectivity index (χ3v) is 4.55. The van der Waals surface area contributed by atoms with Crippen LogP contribution >= 0.6 is 12.0 Å². The molecule has 1 fully saturated rings. The Labute approximate surface area is 122 Å². The number of benzene rings is 1. The van der Waals surface area contributed by atoms with Crippen LogP contribution in [-0.4, -0.2) is 17.3 Å². The van der Waals surface area contributed by atoms with Gasteiger partial charge in [-0.3, -0.25) is 0 Å². The summed E-state index contributed by atoms with van der Waals surface area (Å²) in [7, 11) is 0. The van der Waals surface area contributed by atoms with Gasteiger partial charge in [-0.05, 0) is 24.5 Å². The van der Waals surface area contributed by atoms with E-state index in [-0.39, 0.29) is 24.0 Å². The number of hydrogen-bond acceptors (Lipinski definition) is 5. The molecule has 0 saturated carbocycles. The third kappa shape index (κ3) is 2.80. The maximum atomic E-state index is 10.2. The quantitative estimate of drug-likeness (QED) is 0.400. The van der Waals surface area contributed by atoms with E-state index < -0.39 is 0 Å². The Morgan fingerprint density at radius 3 is 2.75 bits per heavy atom. The lowest BCUT2D eigenvalue weighted by Gasteiger charge is -2.21. The lowest BCUT2D eigenvalue weighted by molar-refractivity contribution is -0.0770. The molecule has 4 atom stereocenters. The SMILES string of the molecule is C[C@@H]1[C@H](O)[C@@H](C)CC(SOOc2ccccc2)=C2O[C@H]21. The summed E-state index contributed by atoms with van der Waals surface area (Å²) < 4.78 is 10.8. The molecular weight excluding hydrogens is 276 g/mol. The molecule has 20 heavy (non-hydrogen) atoms. The average Bonchev–Trinajstić information content (AvgIpc) is 3.26. The number of hydrogen-bond donors (Lipinski definition) is 1. The predicted molar refractivity (Wildman–Crippen MR) is 76.6 cm³/mol. The summed E-state index contributed by atoms with van der Waals surface area (Å²) in [5, 5.41) is 10.2. The first-order chi connectivity index (χ1) is 9.66. The highest BCUT2D eigenvalue weighted by atomic mass is 32.2. The Morgan fingerprint density at radius 2 is 2.00 bits per heavy atom. The van der Waals surface area contributed by atoms with Crippen LogP contribution in [0.3, 0.4) is 0 Å². The number of epoxide rings is 1. The summed E-state index contributed by atoms with van der Waals surface area (Å²) in [6.07, 6.45) is 0.448. The Morgan fingerprint density at radius 1 is 1.25 bits per heavy atom. The van der Waals surface area contributed by atoms with Crippen LogP contribution in [0.2, 0.25) is 0 Å². The van der Waals surface area contributed by atoms with E-state index in [1.807, 2.05) is 44.2 Å². The molecule has 5 heteroatoms. The van der Waals surface area contributed by atoms with E-state index in [4.69, 9.17) is 14.0 Å². The molecule has 1 aromatic rings. The molecule has 1 heterocycles. The summed E-state index contributed by atoms with van der Waals surface area (Å²) in [4.78, 5) is 6.23. The molecule has 0 bridgehead atoms. The standard InChI is InChI=1S/C15H18O4S/c1-9-8-12(15-14(17-15)10(2)13(9)16)20-19-18-11-6-4-3-5-7-11/h3-7,9-10,13-14,16H,8H2,1-2H3/t9-,10+,13+,14-/m0/s1. The van der Waals surface area contributed by atoms with Crippen molar-refractivity contribution in [2.75, 3.05) is 0 Å². The molecule has 4 nitrogen and oxygen atoms in total. The molecule has 0 aromatic heterocycles. The van der Waals surface area contributed by atoms with E-state index in [1.54, 1.807) is 0 Å². The molecular formula is C15H18O4S. The van der Waals surface area contributed by atoms with Gasteiger partial charge in [-0.15, -0.1) is 4.33 Å². The van der Waals surface area contributed by atoms with Gasteiger partial charge in [0, 0.05) is 5.92 Å². The first-order valence-electron chi connectivity index (χ1n) is 6.81. The van der Waals surface area contributed by atoms with E-state index in [0.717, 1.165) is 17.1 Å². The predicted octanol–water partition coefficient (Wildman–Crippen LogP) is 3.29. The van der Waals surface area contributed by atoms with Crippen LogP contribution in [0.15, 0.2) is 41.0 Å². The fraction of sp³-hybridized carbons (Fsp3) is 0.467. The highest BCUT2D eigenvalue weighted by Gasteiger charge is 2.48. The minimum Gasteiger partial charge on any atom is -0.482 e. The topological polar surface area (TPSA) is 51.2 Å². The van der Waals surface area contributed by atoms with Crippen molar-refractivity contribution in [3.05, 3.63) is 41.0 Å². The lowest BCUT2D eigenvalue weighted by Crippen LogP contribution is -2.27. The molecule has 0 unspecified atom stereocenters. The van der Waals surface area contributed by atoms with E-state index in [2.05, 4.69) is 0 Å². The summed E-state index contributed by atoms with van der Waals surface area (Å²) >= 11 is 1.18. The van der Waals surface area contributed by atoms with Crippen molar-refractivity contribution in [3.8, 4) is 5.75 Å². The summed E-state index contributed by atoms with van der Waals surface area (Å²) in [5.74, 6) is 1.93. The number of fused-ring (bicyclic) bond motifs is 1. The molecule has 0 spiro atoms. The fourth-order valence-corrected chi connectivity index (χ4v) is 3.30. The lowest BCUT2D eigenvalue weighted by atomic mass is 9.91. The zero-order valence-electron chi connectivity index (χ0n) is 11.5. The van der Waals surface area contributed by atoms with Crippen LogP contribution in [0.25, 0.3) is 0 Å². The first kappa shape index (κ1) is 13.8. The van der Waals surface area contributed by atoms with Crippen LogP contribution in [0.1, 0.15) is 20.3 Å². The molecule has 1 aromatic carbocycles. The maximum absolute atomic E-state index is 10.2. The Balaban J connectivity index is 1.59. The second-order valence-corrected chi connectivity index (χ2v) is 6.20. The molecule has 0 amide bonds. The average molecular weight is 294 g/mol. The van der Waals surface area contributed by atoms with Crippen LogP contribution < -0.4 is 4.89 Å². The highest BCUT2D eigenvalue weighted by Crippen LogP contribution is 2.47. The summed E-state index contributed by atoms with van der Waals surface area (Å²) in [6.45, 7) is 4.07. The normalized spacial score (nSPS) is 32.1. The summed E-state index contributed by atoms with van der Waals surface area (Å²) in [5.41, 5.74) is 0. The Kier molecular flexibility index (Phi) is 3.92. The van der Waals surface area contributed by atoms with E-state index >= 15 is 0 Å². The summed E-state index contributed by atoms with van der Waals surface area (Å²) in [6, 6.07) is 9.35. The van der Waals surface area contributed by atoms with E-state index in [1.165, 1.54) is 12.0 Å². The van der Waals surface area contributed by atoms with Crippen molar-refractivity contribution in [2.45, 2.75) is 32.5 Å². The van der Waals surface area contributed by atoms with Crippen LogP contribution in [0.5, 0.6) is 5.75 Å². The van der Waals surface area contributed by atoms with Gasteiger partial charge in [0.25, 0.3) is 0 Å². The van der Waals surface area contributed by atoms with Crippen molar-refractivity contribution in [3.63, 3.8) is 0 Å². The molecule has 1 N–H and O–H groups in total. The number of para-hydroxylation sites is 1. The number of ether oxygens (including phenoxy) is 1. The van der Waals surface area contributed by atoms with E-state index in [9.17, 15) is 5.11 Å². The van der Waals surface area contributed by atoms with Crippen LogP contribution in [0.4, 0.5) is 0 Å². The van der Waals surface area contributed by atoms with Crippen LogP contribution in [-0.2, 0) is 9.07 Å². The van der Waals surface area contributed by atoms with Crippen molar-refractivity contribution >= 4 is 12.0 Å². The zero-order valence-corrected chi connectivity index (χ0v) is 12.3. The molecule has 2 aliphatic rings. The second-order valence-electron chi connectivity index (χ2n) is 5.40. The second kappa shape index (κ2) is 5.68. The molecule has 0 radical (unpaired) electrons. The van der Waals surface area contributed by atoms with Gasteiger partial charge in [0.1, 0.15) is 5.76 Å². The van der Waals surface area contributed by atoms with Gasteiger partial charge in [0.2, 0.25) is 0 Å². The Bertz CT molecular complexity index is 502. The smallest absolute Gasteiger partial charge is 0.166 e. The molecule has 1 saturated heterocycles. The van der Waals surface area contributed by atoms with Crippen molar-refractivity contribution in [2.24, 2.45) is 11.8 Å². The Hall–Kier alpha value is -1.17. The third-order valence-electron chi connectivity index (χ3n) is 3.84. The minimum absolute atomic E-state index is 0.0396. The van der Waals surface area contributed by atoms with Gasteiger partial charge < -0.3 is 14.7 Å². The maximum Gasteiger partial charge on any atom is 0.166 e. The van der Waals surface area contributed by atoms with Crippen molar-refractivity contribution in [1.29, 1.82) is 0 Å². The first-order valence-corrected chi connectivity index (χ1v) is 7.55. The fourth-order valence-electron chi connectivity index (χ4n) is 2.53. The molecule has 108 valence electrons. The van der Waals surface area contributed by atoms with Gasteiger partial charge >= 0.3 is 0 Å². The monoisotopic (exact) mass is 294 g/mol. The number of aliphatic hydroxyl groups is 1. The number of rotatable bonds is 4. The number of aliphatic hydroxyl groups excluding tert-OH is 1. The van der Waals surface area contributed by atoms with Gasteiger partial charge in [0.15, 0.2) is 11.9 Å². The van der Waals surface area contributed by atoms with Crippen LogP contribution in [0, 0.1) is 11.8 Å². The van der Waals surface area contributed by atoms with Crippen molar-refractivity contribution < 1.29 is 19.1 Å². The van der Waals surface area contributed by atoms with E-state index in [0.29, 0.717) is 5.75 Å². The van der Waals surface area contributed by atoms with Gasteiger partial charge in [-0.25, -0.2) is 0 Å². The largest absolute Gasteiger partial charge is 0.482 e. The van der Waals surface area contributed by atoms with Gasteiger partial charge in [0.05, 0.1) is 23.1 Å².